The highest BCUT2D eigenvalue weighted by Gasteiger charge is 2.20. The first kappa shape index (κ1) is 16.0. The number of hydrogen-bond donors (Lipinski definition) is 0. The van der Waals surface area contributed by atoms with E-state index in [1.807, 2.05) is 30.3 Å². The topological polar surface area (TPSA) is 46.6 Å². The Bertz CT molecular complexity index is 689. The normalized spacial score (nSPS) is 11.6. The van der Waals surface area contributed by atoms with E-state index in [9.17, 15) is 8.42 Å². The number of hydrogen-bond acceptors (Lipinski definition) is 3. The smallest absolute Gasteiger partial charge is 0.242 e. The number of benzene rings is 2. The molecule has 0 N–H and O–H groups in total. The van der Waals surface area contributed by atoms with Crippen LogP contribution in [-0.4, -0.2) is 32.9 Å². The van der Waals surface area contributed by atoms with Crippen molar-refractivity contribution in [3.8, 4) is 5.75 Å². The summed E-state index contributed by atoms with van der Waals surface area (Å²) >= 11 is 3.28. The lowest BCUT2D eigenvalue weighted by Crippen LogP contribution is -2.31. The molecule has 0 bridgehead atoms. The standard InChI is InChI=1S/C15H16BrNO3S/c1-17(10-11-20-14-7-3-2-4-8-14)21(18,19)15-9-5-6-13(16)12-15/h2-9,12H,10-11H2,1H3. The van der Waals surface area contributed by atoms with Crippen LogP contribution >= 0.6 is 15.9 Å². The van der Waals surface area contributed by atoms with E-state index in [-0.39, 0.29) is 11.4 Å². The second-order valence-electron chi connectivity index (χ2n) is 4.45. The molecule has 0 aromatic heterocycles. The number of para-hydroxylation sites is 1. The van der Waals surface area contributed by atoms with Crippen LogP contribution in [0.1, 0.15) is 0 Å². The van der Waals surface area contributed by atoms with Gasteiger partial charge in [-0.25, -0.2) is 8.42 Å². The summed E-state index contributed by atoms with van der Waals surface area (Å²) < 4.78 is 32.3. The van der Waals surface area contributed by atoms with E-state index in [1.165, 1.54) is 4.31 Å². The fourth-order valence-electron chi connectivity index (χ4n) is 1.74. The van der Waals surface area contributed by atoms with E-state index >= 15 is 0 Å². The molecule has 0 aliphatic carbocycles. The zero-order valence-electron chi connectivity index (χ0n) is 11.6. The number of sulfonamides is 1. The molecule has 2 rings (SSSR count). The molecule has 0 aliphatic rings. The van der Waals surface area contributed by atoms with E-state index in [0.717, 1.165) is 10.2 Å². The van der Waals surface area contributed by atoms with Crippen LogP contribution < -0.4 is 4.74 Å². The molecule has 0 aliphatic heterocycles. The van der Waals surface area contributed by atoms with Crippen molar-refractivity contribution >= 4 is 26.0 Å². The summed E-state index contributed by atoms with van der Waals surface area (Å²) in [7, 11) is -1.95. The Morgan fingerprint density at radius 1 is 1.10 bits per heavy atom. The zero-order valence-corrected chi connectivity index (χ0v) is 14.0. The van der Waals surface area contributed by atoms with Crippen LogP contribution in [0.2, 0.25) is 0 Å². The van der Waals surface area contributed by atoms with Crippen molar-refractivity contribution in [2.75, 3.05) is 20.2 Å². The van der Waals surface area contributed by atoms with Crippen molar-refractivity contribution in [3.63, 3.8) is 0 Å². The van der Waals surface area contributed by atoms with E-state index < -0.39 is 10.0 Å². The zero-order chi connectivity index (χ0) is 15.3. The Morgan fingerprint density at radius 2 is 1.81 bits per heavy atom. The van der Waals surface area contributed by atoms with Gasteiger partial charge < -0.3 is 4.74 Å². The van der Waals surface area contributed by atoms with Gasteiger partial charge in [0.2, 0.25) is 10.0 Å². The van der Waals surface area contributed by atoms with Crippen molar-refractivity contribution in [2.45, 2.75) is 4.90 Å². The molecule has 4 nitrogen and oxygen atoms in total. The molecule has 112 valence electrons. The van der Waals surface area contributed by atoms with Crippen molar-refractivity contribution in [1.82, 2.24) is 4.31 Å². The molecule has 0 saturated heterocycles. The third-order valence-electron chi connectivity index (χ3n) is 2.92. The van der Waals surface area contributed by atoms with Crippen molar-refractivity contribution in [1.29, 1.82) is 0 Å². The molecule has 2 aromatic carbocycles. The highest BCUT2D eigenvalue weighted by atomic mass is 79.9. The average Bonchev–Trinajstić information content (AvgIpc) is 2.48. The van der Waals surface area contributed by atoms with Gasteiger partial charge in [-0.3, -0.25) is 0 Å². The Kier molecular flexibility index (Phi) is 5.39. The van der Waals surface area contributed by atoms with Gasteiger partial charge in [0, 0.05) is 18.1 Å². The molecule has 0 amide bonds. The largest absolute Gasteiger partial charge is 0.492 e. The Labute approximate surface area is 133 Å². The van der Waals surface area contributed by atoms with Crippen LogP contribution in [0.25, 0.3) is 0 Å². The van der Waals surface area contributed by atoms with Gasteiger partial charge in [-0.05, 0) is 30.3 Å². The summed E-state index contributed by atoms with van der Waals surface area (Å²) in [5.41, 5.74) is 0. The lowest BCUT2D eigenvalue weighted by atomic mass is 10.3. The molecule has 0 fully saturated rings. The summed E-state index contributed by atoms with van der Waals surface area (Å²) in [4.78, 5) is 0.263. The van der Waals surface area contributed by atoms with Crippen LogP contribution in [0.4, 0.5) is 0 Å². The molecule has 6 heteroatoms. The molecule has 0 atom stereocenters. The summed E-state index contributed by atoms with van der Waals surface area (Å²) in [6.07, 6.45) is 0. The highest BCUT2D eigenvalue weighted by molar-refractivity contribution is 9.10. The summed E-state index contributed by atoms with van der Waals surface area (Å²) in [5.74, 6) is 0.728. The number of nitrogens with zero attached hydrogens (tertiary/aromatic N) is 1. The van der Waals surface area contributed by atoms with Gasteiger partial charge >= 0.3 is 0 Å². The van der Waals surface area contributed by atoms with E-state index in [4.69, 9.17) is 4.74 Å². The molecular weight excluding hydrogens is 354 g/mol. The maximum atomic E-state index is 12.4. The highest BCUT2D eigenvalue weighted by Crippen LogP contribution is 2.19. The predicted octanol–water partition coefficient (Wildman–Crippen LogP) is 3.15. The van der Waals surface area contributed by atoms with Crippen molar-refractivity contribution in [2.24, 2.45) is 0 Å². The molecular formula is C15H16BrNO3S. The van der Waals surface area contributed by atoms with Crippen molar-refractivity contribution in [3.05, 3.63) is 59.1 Å². The average molecular weight is 370 g/mol. The number of ether oxygens (including phenoxy) is 1. The summed E-state index contributed by atoms with van der Waals surface area (Å²) in [6, 6.07) is 16.0. The lowest BCUT2D eigenvalue weighted by molar-refractivity contribution is 0.287. The molecule has 0 radical (unpaired) electrons. The van der Waals surface area contributed by atoms with Gasteiger partial charge in [-0.15, -0.1) is 0 Å². The Morgan fingerprint density at radius 3 is 2.48 bits per heavy atom. The molecule has 0 spiro atoms. The van der Waals surface area contributed by atoms with E-state index in [2.05, 4.69) is 15.9 Å². The first-order valence-electron chi connectivity index (χ1n) is 6.40. The third-order valence-corrected chi connectivity index (χ3v) is 5.27. The van der Waals surface area contributed by atoms with Gasteiger partial charge in [0.15, 0.2) is 0 Å². The Hall–Kier alpha value is -1.37. The van der Waals surface area contributed by atoms with Gasteiger partial charge in [0.05, 0.1) is 4.90 Å². The first-order valence-corrected chi connectivity index (χ1v) is 8.63. The van der Waals surface area contributed by atoms with Crippen LogP contribution in [0.3, 0.4) is 0 Å². The van der Waals surface area contributed by atoms with Crippen molar-refractivity contribution < 1.29 is 13.2 Å². The fourth-order valence-corrected chi connectivity index (χ4v) is 3.49. The minimum absolute atomic E-state index is 0.263. The molecule has 2 aromatic rings. The summed E-state index contributed by atoms with van der Waals surface area (Å²) in [6.45, 7) is 0.581. The predicted molar refractivity (Wildman–Crippen MR) is 85.9 cm³/mol. The minimum Gasteiger partial charge on any atom is -0.492 e. The Balaban J connectivity index is 1.97. The van der Waals surface area contributed by atoms with E-state index in [1.54, 1.807) is 31.3 Å². The molecule has 0 heterocycles. The van der Waals surface area contributed by atoms with E-state index in [0.29, 0.717) is 6.61 Å². The lowest BCUT2D eigenvalue weighted by Gasteiger charge is -2.17. The number of halogens is 1. The second-order valence-corrected chi connectivity index (χ2v) is 7.41. The summed E-state index contributed by atoms with van der Waals surface area (Å²) in [5, 5.41) is 0. The molecule has 0 saturated carbocycles. The van der Waals surface area contributed by atoms with Gasteiger partial charge in [0.25, 0.3) is 0 Å². The fraction of sp³-hybridized carbons (Fsp3) is 0.200. The van der Waals surface area contributed by atoms with Crippen LogP contribution in [0.5, 0.6) is 5.75 Å². The first-order chi connectivity index (χ1) is 10.00. The SMILES string of the molecule is CN(CCOc1ccccc1)S(=O)(=O)c1cccc(Br)c1. The molecule has 21 heavy (non-hydrogen) atoms. The van der Waals surface area contributed by atoms with Crippen LogP contribution in [-0.2, 0) is 10.0 Å². The third kappa shape index (κ3) is 4.30. The minimum atomic E-state index is -3.49. The van der Waals surface area contributed by atoms with Gasteiger partial charge in [-0.2, -0.15) is 4.31 Å². The maximum absolute atomic E-state index is 12.4. The van der Waals surface area contributed by atoms with Gasteiger partial charge in [-0.1, -0.05) is 40.2 Å². The number of likely N-dealkylation sites (N-methyl/N-ethyl adjacent to an activating group) is 1. The quantitative estimate of drug-likeness (QED) is 0.785. The second kappa shape index (κ2) is 7.06. The van der Waals surface area contributed by atoms with Crippen LogP contribution in [0, 0.1) is 0 Å². The maximum Gasteiger partial charge on any atom is 0.242 e. The molecule has 0 unspecified atom stereocenters. The van der Waals surface area contributed by atoms with Gasteiger partial charge in [0.1, 0.15) is 12.4 Å². The number of rotatable bonds is 6. The monoisotopic (exact) mass is 369 g/mol. The van der Waals surface area contributed by atoms with Crippen LogP contribution in [0.15, 0.2) is 64.0 Å².